The van der Waals surface area contributed by atoms with Crippen molar-refractivity contribution in [2.24, 2.45) is 0 Å². The molecule has 0 amide bonds. The summed E-state index contributed by atoms with van der Waals surface area (Å²) in [6.45, 7) is 5.91. The molecule has 1 aliphatic rings. The molecule has 1 saturated heterocycles. The van der Waals surface area contributed by atoms with E-state index >= 15 is 0 Å². The lowest BCUT2D eigenvalue weighted by Crippen LogP contribution is -2.46. The summed E-state index contributed by atoms with van der Waals surface area (Å²) in [5, 5.41) is 3.00. The van der Waals surface area contributed by atoms with E-state index in [1.807, 2.05) is 12.1 Å². The molecule has 0 saturated carbocycles. The molecule has 0 radical (unpaired) electrons. The molecular weight excluding hydrogens is 428 g/mol. The maximum absolute atomic E-state index is 6.21. The Morgan fingerprint density at radius 1 is 0.929 bits per heavy atom. The Morgan fingerprint density at radius 3 is 2.25 bits per heavy atom. The number of fused-ring (bicyclic) bond motifs is 2. The van der Waals surface area contributed by atoms with Gasteiger partial charge in [-0.15, -0.1) is 11.8 Å². The number of rotatable bonds is 3. The molecular formula is C20H19ClN4S3. The highest BCUT2D eigenvalue weighted by Gasteiger charge is 2.23. The first-order valence-corrected chi connectivity index (χ1v) is 12.4. The van der Waals surface area contributed by atoms with Crippen molar-refractivity contribution in [3.63, 3.8) is 0 Å². The minimum absolute atomic E-state index is 0.783. The minimum atomic E-state index is 0.783. The van der Waals surface area contributed by atoms with Crippen molar-refractivity contribution in [2.45, 2.75) is 11.8 Å². The normalized spacial score (nSPS) is 15.1. The second-order valence-corrected chi connectivity index (χ2v) is 10.1. The maximum Gasteiger partial charge on any atom is 0.186 e. The average molecular weight is 447 g/mol. The van der Waals surface area contributed by atoms with Gasteiger partial charge >= 0.3 is 0 Å². The highest BCUT2D eigenvalue weighted by atomic mass is 35.5. The molecule has 1 fully saturated rings. The smallest absolute Gasteiger partial charge is 0.186 e. The standard InChI is InChI=1S/C20H19ClN4S3/c1-12-10-13(21)11-16-17(12)22-19(28-16)24-6-8-25(9-7-24)20-23-18-14(26-2)4-3-5-15(18)27-20/h3-5,10-11H,6-9H2,1-2H3. The molecule has 0 aliphatic carbocycles. The first kappa shape index (κ1) is 18.5. The molecule has 8 heteroatoms. The van der Waals surface area contributed by atoms with Gasteiger partial charge in [-0.25, -0.2) is 9.97 Å². The number of anilines is 2. The lowest BCUT2D eigenvalue weighted by molar-refractivity contribution is 0.651. The maximum atomic E-state index is 6.21. The van der Waals surface area contributed by atoms with Gasteiger partial charge in [-0.3, -0.25) is 0 Å². The zero-order valence-corrected chi connectivity index (χ0v) is 18.8. The van der Waals surface area contributed by atoms with E-state index in [4.69, 9.17) is 21.6 Å². The third-order valence-electron chi connectivity index (χ3n) is 5.05. The van der Waals surface area contributed by atoms with Crippen LogP contribution in [0.15, 0.2) is 35.2 Å². The third-order valence-corrected chi connectivity index (χ3v) is 8.18. The molecule has 0 spiro atoms. The molecule has 0 bridgehead atoms. The van der Waals surface area contributed by atoms with Crippen molar-refractivity contribution in [2.75, 3.05) is 42.2 Å². The summed E-state index contributed by atoms with van der Waals surface area (Å²) >= 11 is 11.5. The highest BCUT2D eigenvalue weighted by molar-refractivity contribution is 7.98. The number of hydrogen-bond donors (Lipinski definition) is 0. The first-order chi connectivity index (χ1) is 13.6. The Labute approximate surface area is 181 Å². The summed E-state index contributed by atoms with van der Waals surface area (Å²) < 4.78 is 2.43. The predicted molar refractivity (Wildman–Crippen MR) is 125 cm³/mol. The summed E-state index contributed by atoms with van der Waals surface area (Å²) in [6, 6.07) is 10.4. The van der Waals surface area contributed by atoms with Crippen LogP contribution in [-0.4, -0.2) is 42.4 Å². The number of aryl methyl sites for hydroxylation is 1. The molecule has 0 atom stereocenters. The van der Waals surface area contributed by atoms with Gasteiger partial charge in [0.25, 0.3) is 0 Å². The van der Waals surface area contributed by atoms with E-state index in [2.05, 4.69) is 41.2 Å². The molecule has 0 unspecified atom stereocenters. The van der Waals surface area contributed by atoms with Gasteiger partial charge in [-0.1, -0.05) is 40.3 Å². The van der Waals surface area contributed by atoms with Crippen molar-refractivity contribution >= 4 is 76.7 Å². The summed E-state index contributed by atoms with van der Waals surface area (Å²) in [4.78, 5) is 15.9. The fourth-order valence-electron chi connectivity index (χ4n) is 3.58. The van der Waals surface area contributed by atoms with Crippen LogP contribution in [-0.2, 0) is 0 Å². The van der Waals surface area contributed by atoms with Gasteiger partial charge in [-0.05, 0) is 43.0 Å². The van der Waals surface area contributed by atoms with E-state index in [1.54, 1.807) is 34.4 Å². The van der Waals surface area contributed by atoms with Gasteiger partial charge in [0.15, 0.2) is 10.3 Å². The number of thioether (sulfide) groups is 1. The zero-order valence-electron chi connectivity index (χ0n) is 15.6. The molecule has 5 rings (SSSR count). The number of nitrogens with zero attached hydrogens (tertiary/aromatic N) is 4. The van der Waals surface area contributed by atoms with Gasteiger partial charge < -0.3 is 9.80 Å². The van der Waals surface area contributed by atoms with E-state index in [0.717, 1.165) is 62.8 Å². The van der Waals surface area contributed by atoms with Crippen LogP contribution in [0.5, 0.6) is 0 Å². The van der Waals surface area contributed by atoms with E-state index in [-0.39, 0.29) is 0 Å². The largest absolute Gasteiger partial charge is 0.345 e. The van der Waals surface area contributed by atoms with Gasteiger partial charge in [-0.2, -0.15) is 0 Å². The van der Waals surface area contributed by atoms with Crippen molar-refractivity contribution in [1.82, 2.24) is 9.97 Å². The number of benzene rings is 2. The van der Waals surface area contributed by atoms with Crippen LogP contribution in [0, 0.1) is 6.92 Å². The van der Waals surface area contributed by atoms with Crippen LogP contribution < -0.4 is 9.80 Å². The fraction of sp³-hybridized carbons (Fsp3) is 0.300. The van der Waals surface area contributed by atoms with Crippen LogP contribution in [0.2, 0.25) is 5.02 Å². The number of aromatic nitrogens is 2. The van der Waals surface area contributed by atoms with Crippen LogP contribution in [0.4, 0.5) is 10.3 Å². The summed E-state index contributed by atoms with van der Waals surface area (Å²) in [6.07, 6.45) is 2.11. The molecule has 0 N–H and O–H groups in total. The molecule has 144 valence electrons. The van der Waals surface area contributed by atoms with Crippen molar-refractivity contribution in [1.29, 1.82) is 0 Å². The summed E-state index contributed by atoms with van der Waals surface area (Å²) in [5.74, 6) is 0. The molecule has 4 aromatic rings. The van der Waals surface area contributed by atoms with E-state index in [9.17, 15) is 0 Å². The van der Waals surface area contributed by atoms with Crippen LogP contribution in [0.1, 0.15) is 5.56 Å². The van der Waals surface area contributed by atoms with Crippen molar-refractivity contribution in [3.8, 4) is 0 Å². The SMILES string of the molecule is CSc1cccc2sc(N3CCN(c4nc5c(C)cc(Cl)cc5s4)CC3)nc12. The Kier molecular flexibility index (Phi) is 4.87. The quantitative estimate of drug-likeness (QED) is 0.365. The number of hydrogen-bond acceptors (Lipinski definition) is 7. The lowest BCUT2D eigenvalue weighted by Gasteiger charge is -2.34. The number of piperazine rings is 1. The number of thiazole rings is 2. The first-order valence-electron chi connectivity index (χ1n) is 9.12. The molecule has 2 aromatic heterocycles. The zero-order chi connectivity index (χ0) is 19.3. The molecule has 1 aliphatic heterocycles. The van der Waals surface area contributed by atoms with Crippen molar-refractivity contribution in [3.05, 3.63) is 40.9 Å². The Bertz CT molecular complexity index is 1160. The van der Waals surface area contributed by atoms with Crippen LogP contribution in [0.3, 0.4) is 0 Å². The van der Waals surface area contributed by atoms with E-state index in [0.29, 0.717) is 0 Å². The number of halogens is 1. The lowest BCUT2D eigenvalue weighted by atomic mass is 10.2. The Morgan fingerprint density at radius 2 is 1.57 bits per heavy atom. The summed E-state index contributed by atoms with van der Waals surface area (Å²) in [7, 11) is 0. The molecule has 2 aromatic carbocycles. The summed E-state index contributed by atoms with van der Waals surface area (Å²) in [5.41, 5.74) is 3.35. The third kappa shape index (κ3) is 3.24. The van der Waals surface area contributed by atoms with E-state index < -0.39 is 0 Å². The molecule has 4 nitrogen and oxygen atoms in total. The van der Waals surface area contributed by atoms with Gasteiger partial charge in [0.1, 0.15) is 0 Å². The van der Waals surface area contributed by atoms with Gasteiger partial charge in [0, 0.05) is 36.1 Å². The Balaban J connectivity index is 1.36. The van der Waals surface area contributed by atoms with E-state index in [1.165, 1.54) is 9.60 Å². The van der Waals surface area contributed by atoms with Crippen LogP contribution in [0.25, 0.3) is 20.4 Å². The molecule has 3 heterocycles. The average Bonchev–Trinajstić information content (AvgIpc) is 3.32. The second kappa shape index (κ2) is 7.37. The van der Waals surface area contributed by atoms with Crippen LogP contribution >= 0.6 is 46.0 Å². The Hall–Kier alpha value is -1.54. The monoisotopic (exact) mass is 446 g/mol. The highest BCUT2D eigenvalue weighted by Crippen LogP contribution is 2.36. The topological polar surface area (TPSA) is 32.3 Å². The van der Waals surface area contributed by atoms with Crippen molar-refractivity contribution < 1.29 is 0 Å². The van der Waals surface area contributed by atoms with Gasteiger partial charge in [0.05, 0.1) is 20.4 Å². The number of para-hydroxylation sites is 1. The molecule has 28 heavy (non-hydrogen) atoms. The predicted octanol–water partition coefficient (Wildman–Crippen LogP) is 5.92. The minimum Gasteiger partial charge on any atom is -0.345 e. The fourth-order valence-corrected chi connectivity index (χ4v) is 6.72. The second-order valence-electron chi connectivity index (χ2n) is 6.84. The van der Waals surface area contributed by atoms with Gasteiger partial charge in [0.2, 0.25) is 0 Å².